The first-order valence-electron chi connectivity index (χ1n) is 5.33. The zero-order valence-corrected chi connectivity index (χ0v) is 9.88. The molecule has 1 aromatic carbocycles. The lowest BCUT2D eigenvalue weighted by Crippen LogP contribution is -2.06. The highest BCUT2D eigenvalue weighted by molar-refractivity contribution is 5.95. The van der Waals surface area contributed by atoms with Crippen molar-refractivity contribution in [2.24, 2.45) is 0 Å². The summed E-state index contributed by atoms with van der Waals surface area (Å²) in [7, 11) is 1.30. The summed E-state index contributed by atoms with van der Waals surface area (Å²) in [6.45, 7) is 0.289. The van der Waals surface area contributed by atoms with Gasteiger partial charge < -0.3 is 19.6 Å². The van der Waals surface area contributed by atoms with Crippen LogP contribution in [-0.4, -0.2) is 13.1 Å². The fourth-order valence-electron chi connectivity index (χ4n) is 1.46. The third-order valence-electron chi connectivity index (χ3n) is 2.39. The number of anilines is 1. The molecule has 0 aliphatic rings. The van der Waals surface area contributed by atoms with Gasteiger partial charge in [0.15, 0.2) is 0 Å². The van der Waals surface area contributed by atoms with E-state index in [4.69, 9.17) is 14.9 Å². The van der Waals surface area contributed by atoms with Crippen molar-refractivity contribution in [1.29, 1.82) is 0 Å². The molecule has 0 aliphatic carbocycles. The van der Waals surface area contributed by atoms with Crippen LogP contribution in [0.1, 0.15) is 16.1 Å². The van der Waals surface area contributed by atoms with E-state index in [1.54, 1.807) is 36.6 Å². The Bertz CT molecular complexity index is 534. The highest BCUT2D eigenvalue weighted by atomic mass is 16.5. The maximum Gasteiger partial charge on any atom is 0.340 e. The standard InChI is InChI=1S/C13H13NO4/c1-16-13(15)11-7-9(4-5-12(11)14)18-8-10-3-2-6-17-10/h2-7H,8,14H2,1H3. The molecule has 0 radical (unpaired) electrons. The van der Waals surface area contributed by atoms with Gasteiger partial charge in [0.25, 0.3) is 0 Å². The Balaban J connectivity index is 2.12. The van der Waals surface area contributed by atoms with Crippen LogP contribution in [-0.2, 0) is 11.3 Å². The number of nitrogen functional groups attached to an aromatic ring is 1. The molecule has 0 spiro atoms. The maximum atomic E-state index is 11.4. The molecular weight excluding hydrogens is 234 g/mol. The van der Waals surface area contributed by atoms with Crippen molar-refractivity contribution in [3.8, 4) is 5.75 Å². The Morgan fingerprint density at radius 3 is 2.89 bits per heavy atom. The van der Waals surface area contributed by atoms with E-state index in [0.717, 1.165) is 0 Å². The average molecular weight is 247 g/mol. The van der Waals surface area contributed by atoms with E-state index in [2.05, 4.69) is 4.74 Å². The van der Waals surface area contributed by atoms with Crippen molar-refractivity contribution in [3.63, 3.8) is 0 Å². The van der Waals surface area contributed by atoms with Gasteiger partial charge in [0.1, 0.15) is 18.1 Å². The number of methoxy groups -OCH3 is 1. The number of benzene rings is 1. The number of hydrogen-bond acceptors (Lipinski definition) is 5. The highest BCUT2D eigenvalue weighted by Crippen LogP contribution is 2.21. The van der Waals surface area contributed by atoms with Gasteiger partial charge in [-0.3, -0.25) is 0 Å². The molecule has 2 rings (SSSR count). The van der Waals surface area contributed by atoms with Gasteiger partial charge in [0, 0.05) is 5.69 Å². The second-order valence-corrected chi connectivity index (χ2v) is 3.61. The molecule has 0 aliphatic heterocycles. The van der Waals surface area contributed by atoms with Crippen LogP contribution in [0.2, 0.25) is 0 Å². The van der Waals surface area contributed by atoms with E-state index in [-0.39, 0.29) is 12.2 Å². The smallest absolute Gasteiger partial charge is 0.340 e. The summed E-state index contributed by atoms with van der Waals surface area (Å²) in [4.78, 5) is 11.4. The van der Waals surface area contributed by atoms with E-state index >= 15 is 0 Å². The molecule has 0 amide bonds. The van der Waals surface area contributed by atoms with Gasteiger partial charge in [-0.1, -0.05) is 0 Å². The molecule has 0 saturated heterocycles. The lowest BCUT2D eigenvalue weighted by atomic mass is 10.2. The van der Waals surface area contributed by atoms with Crippen LogP contribution < -0.4 is 10.5 Å². The summed E-state index contributed by atoms with van der Waals surface area (Å²) >= 11 is 0. The molecule has 5 heteroatoms. The van der Waals surface area contributed by atoms with E-state index in [0.29, 0.717) is 17.2 Å². The molecule has 1 aromatic heterocycles. The number of esters is 1. The topological polar surface area (TPSA) is 74.7 Å². The van der Waals surface area contributed by atoms with Crippen molar-refractivity contribution in [2.75, 3.05) is 12.8 Å². The number of carbonyl (C=O) groups excluding carboxylic acids is 1. The summed E-state index contributed by atoms with van der Waals surface area (Å²) < 4.78 is 15.2. The predicted octanol–water partition coefficient (Wildman–Crippen LogP) is 2.23. The Labute approximate surface area is 104 Å². The summed E-state index contributed by atoms with van der Waals surface area (Å²) in [5.41, 5.74) is 6.32. The Morgan fingerprint density at radius 2 is 2.22 bits per heavy atom. The molecule has 2 aromatic rings. The molecular formula is C13H13NO4. The average Bonchev–Trinajstić information content (AvgIpc) is 2.90. The first-order valence-corrected chi connectivity index (χ1v) is 5.33. The monoisotopic (exact) mass is 247 g/mol. The summed E-state index contributed by atoms with van der Waals surface area (Å²) in [5.74, 6) is 0.739. The SMILES string of the molecule is COC(=O)c1cc(OCc2ccco2)ccc1N. The molecule has 0 atom stereocenters. The zero-order chi connectivity index (χ0) is 13.0. The van der Waals surface area contributed by atoms with E-state index in [1.807, 2.05) is 0 Å². The van der Waals surface area contributed by atoms with Gasteiger partial charge in [-0.05, 0) is 30.3 Å². The van der Waals surface area contributed by atoms with Crippen molar-refractivity contribution < 1.29 is 18.7 Å². The molecule has 94 valence electrons. The fraction of sp³-hybridized carbons (Fsp3) is 0.154. The van der Waals surface area contributed by atoms with Crippen LogP contribution in [0.15, 0.2) is 41.0 Å². The number of ether oxygens (including phenoxy) is 2. The normalized spacial score (nSPS) is 10.1. The van der Waals surface area contributed by atoms with Crippen molar-refractivity contribution in [1.82, 2.24) is 0 Å². The van der Waals surface area contributed by atoms with Crippen molar-refractivity contribution in [2.45, 2.75) is 6.61 Å². The van der Waals surface area contributed by atoms with E-state index in [1.165, 1.54) is 7.11 Å². The highest BCUT2D eigenvalue weighted by Gasteiger charge is 2.11. The van der Waals surface area contributed by atoms with Gasteiger partial charge in [0.05, 0.1) is 18.9 Å². The Kier molecular flexibility index (Phi) is 3.52. The number of nitrogens with two attached hydrogens (primary N) is 1. The van der Waals surface area contributed by atoms with Crippen molar-refractivity contribution >= 4 is 11.7 Å². The lowest BCUT2D eigenvalue weighted by molar-refractivity contribution is 0.0601. The van der Waals surface area contributed by atoms with Crippen LogP contribution in [0.4, 0.5) is 5.69 Å². The molecule has 1 heterocycles. The zero-order valence-electron chi connectivity index (χ0n) is 9.88. The number of carbonyl (C=O) groups is 1. The number of hydrogen-bond donors (Lipinski definition) is 1. The molecule has 0 saturated carbocycles. The Hall–Kier alpha value is -2.43. The first kappa shape index (κ1) is 12.0. The van der Waals surface area contributed by atoms with Gasteiger partial charge in [-0.25, -0.2) is 4.79 Å². The minimum Gasteiger partial charge on any atom is -0.486 e. The Morgan fingerprint density at radius 1 is 1.39 bits per heavy atom. The molecule has 18 heavy (non-hydrogen) atoms. The molecule has 0 unspecified atom stereocenters. The lowest BCUT2D eigenvalue weighted by Gasteiger charge is -2.08. The van der Waals surface area contributed by atoms with Crippen LogP contribution >= 0.6 is 0 Å². The van der Waals surface area contributed by atoms with Crippen molar-refractivity contribution in [3.05, 3.63) is 47.9 Å². The largest absolute Gasteiger partial charge is 0.486 e. The predicted molar refractivity (Wildman–Crippen MR) is 65.2 cm³/mol. The van der Waals surface area contributed by atoms with E-state index < -0.39 is 5.97 Å². The fourth-order valence-corrected chi connectivity index (χ4v) is 1.46. The summed E-state index contributed by atoms with van der Waals surface area (Å²) in [5, 5.41) is 0. The quantitative estimate of drug-likeness (QED) is 0.662. The van der Waals surface area contributed by atoms with Gasteiger partial charge in [0.2, 0.25) is 0 Å². The molecule has 5 nitrogen and oxygen atoms in total. The van der Waals surface area contributed by atoms with Gasteiger partial charge in [-0.2, -0.15) is 0 Å². The number of rotatable bonds is 4. The van der Waals surface area contributed by atoms with Crippen LogP contribution in [0.5, 0.6) is 5.75 Å². The molecule has 2 N–H and O–H groups in total. The first-order chi connectivity index (χ1) is 8.70. The molecule has 0 fully saturated rings. The van der Waals surface area contributed by atoms with E-state index in [9.17, 15) is 4.79 Å². The maximum absolute atomic E-state index is 11.4. The van der Waals surface area contributed by atoms with Gasteiger partial charge >= 0.3 is 5.97 Å². The van der Waals surface area contributed by atoms with Crippen LogP contribution in [0.3, 0.4) is 0 Å². The second kappa shape index (κ2) is 5.27. The number of furan rings is 1. The van der Waals surface area contributed by atoms with Gasteiger partial charge in [-0.15, -0.1) is 0 Å². The van der Waals surface area contributed by atoms with Crippen LogP contribution in [0.25, 0.3) is 0 Å². The summed E-state index contributed by atoms with van der Waals surface area (Å²) in [6, 6.07) is 8.42. The third-order valence-corrected chi connectivity index (χ3v) is 2.39. The minimum absolute atomic E-state index is 0.287. The second-order valence-electron chi connectivity index (χ2n) is 3.61. The minimum atomic E-state index is -0.490. The van der Waals surface area contributed by atoms with Crippen LogP contribution in [0, 0.1) is 0 Å². The summed E-state index contributed by atoms with van der Waals surface area (Å²) in [6.07, 6.45) is 1.57. The molecule has 0 bridgehead atoms. The third kappa shape index (κ3) is 2.63.